The second-order valence-corrected chi connectivity index (χ2v) is 8.27. The first-order valence-electron chi connectivity index (χ1n) is 9.65. The SMILES string of the molecule is Cn1nccc1C1CC(C(=O)NC(c2cccc(Cl)c2)C2CCCC2)C1. The molecule has 1 aromatic carbocycles. The van der Waals surface area contributed by atoms with Gasteiger partial charge < -0.3 is 5.32 Å². The van der Waals surface area contributed by atoms with Crippen LogP contribution in [0.2, 0.25) is 5.02 Å². The van der Waals surface area contributed by atoms with Crippen molar-refractivity contribution < 1.29 is 4.79 Å². The summed E-state index contributed by atoms with van der Waals surface area (Å²) in [6, 6.07) is 10.1. The van der Waals surface area contributed by atoms with Crippen molar-refractivity contribution in [3.8, 4) is 0 Å². The number of nitrogens with one attached hydrogen (secondary N) is 1. The Morgan fingerprint density at radius 1 is 1.27 bits per heavy atom. The third kappa shape index (κ3) is 3.52. The van der Waals surface area contributed by atoms with E-state index in [-0.39, 0.29) is 17.9 Å². The predicted octanol–water partition coefficient (Wildman–Crippen LogP) is 4.61. The summed E-state index contributed by atoms with van der Waals surface area (Å²) in [5.74, 6) is 1.28. The van der Waals surface area contributed by atoms with Gasteiger partial charge in [0.1, 0.15) is 0 Å². The molecule has 2 aromatic rings. The molecule has 0 spiro atoms. The number of aromatic nitrogens is 2. The average Bonchev–Trinajstić information content (AvgIpc) is 3.24. The lowest BCUT2D eigenvalue weighted by molar-refractivity contribution is -0.129. The molecule has 1 heterocycles. The summed E-state index contributed by atoms with van der Waals surface area (Å²) in [6.45, 7) is 0. The molecule has 0 bridgehead atoms. The molecule has 1 unspecified atom stereocenters. The molecule has 0 saturated heterocycles. The molecular weight excluding hydrogens is 346 g/mol. The fourth-order valence-corrected chi connectivity index (χ4v) is 4.79. The van der Waals surface area contributed by atoms with E-state index in [1.165, 1.54) is 31.4 Å². The molecule has 0 radical (unpaired) electrons. The Balaban J connectivity index is 1.43. The molecule has 4 nitrogen and oxygen atoms in total. The molecule has 4 rings (SSSR count). The van der Waals surface area contributed by atoms with Crippen molar-refractivity contribution in [1.29, 1.82) is 0 Å². The highest BCUT2D eigenvalue weighted by Gasteiger charge is 2.38. The Hall–Kier alpha value is -1.81. The molecule has 2 aliphatic rings. The molecule has 138 valence electrons. The van der Waals surface area contributed by atoms with E-state index in [0.717, 1.165) is 23.4 Å². The topological polar surface area (TPSA) is 46.9 Å². The molecule has 1 atom stereocenters. The summed E-state index contributed by atoms with van der Waals surface area (Å²) in [5.41, 5.74) is 2.37. The maximum Gasteiger partial charge on any atom is 0.223 e. The van der Waals surface area contributed by atoms with Gasteiger partial charge in [-0.05, 0) is 55.4 Å². The summed E-state index contributed by atoms with van der Waals surface area (Å²) >= 11 is 6.20. The summed E-state index contributed by atoms with van der Waals surface area (Å²) in [7, 11) is 1.97. The third-order valence-corrected chi connectivity index (χ3v) is 6.40. The highest BCUT2D eigenvalue weighted by atomic mass is 35.5. The quantitative estimate of drug-likeness (QED) is 0.833. The smallest absolute Gasteiger partial charge is 0.223 e. The van der Waals surface area contributed by atoms with Crippen LogP contribution in [-0.2, 0) is 11.8 Å². The van der Waals surface area contributed by atoms with Gasteiger partial charge in [0, 0.05) is 35.8 Å². The Kier molecular flexibility index (Phi) is 5.03. The van der Waals surface area contributed by atoms with Crippen LogP contribution in [0.15, 0.2) is 36.5 Å². The van der Waals surface area contributed by atoms with Crippen molar-refractivity contribution in [1.82, 2.24) is 15.1 Å². The van der Waals surface area contributed by atoms with E-state index in [1.807, 2.05) is 36.1 Å². The first-order chi connectivity index (χ1) is 12.6. The van der Waals surface area contributed by atoms with E-state index >= 15 is 0 Å². The standard InChI is InChI=1S/C21H26ClN3O/c1-25-19(9-10-23-25)16-11-17(12-16)21(26)24-20(14-5-2-3-6-14)15-7-4-8-18(22)13-15/h4,7-10,13-14,16-17,20H,2-3,5-6,11-12H2,1H3,(H,24,26). The minimum atomic E-state index is 0.0828. The van der Waals surface area contributed by atoms with Crippen LogP contribution in [0.4, 0.5) is 0 Å². The largest absolute Gasteiger partial charge is 0.349 e. The fraction of sp³-hybridized carbons (Fsp3) is 0.524. The van der Waals surface area contributed by atoms with Gasteiger partial charge in [-0.25, -0.2) is 0 Å². The maximum absolute atomic E-state index is 12.9. The van der Waals surface area contributed by atoms with E-state index in [2.05, 4.69) is 22.5 Å². The van der Waals surface area contributed by atoms with Crippen LogP contribution >= 0.6 is 11.6 Å². The molecular formula is C21H26ClN3O. The molecule has 2 fully saturated rings. The van der Waals surface area contributed by atoms with Crippen LogP contribution in [0.1, 0.15) is 61.7 Å². The predicted molar refractivity (Wildman–Crippen MR) is 103 cm³/mol. The second-order valence-electron chi connectivity index (χ2n) is 7.83. The number of halogens is 1. The summed E-state index contributed by atoms with van der Waals surface area (Å²) in [4.78, 5) is 12.9. The number of carbonyl (C=O) groups excluding carboxylic acids is 1. The Bertz CT molecular complexity index is 775. The molecule has 0 aliphatic heterocycles. The Morgan fingerprint density at radius 3 is 2.69 bits per heavy atom. The second kappa shape index (κ2) is 7.43. The van der Waals surface area contributed by atoms with Gasteiger partial charge in [0.15, 0.2) is 0 Å². The minimum Gasteiger partial charge on any atom is -0.349 e. The van der Waals surface area contributed by atoms with Gasteiger partial charge in [-0.3, -0.25) is 9.48 Å². The van der Waals surface area contributed by atoms with E-state index in [1.54, 1.807) is 0 Å². The molecule has 2 aliphatic carbocycles. The molecule has 2 saturated carbocycles. The lowest BCUT2D eigenvalue weighted by Crippen LogP contribution is -2.41. The van der Waals surface area contributed by atoms with Gasteiger partial charge in [-0.2, -0.15) is 5.10 Å². The van der Waals surface area contributed by atoms with Crippen LogP contribution in [0.5, 0.6) is 0 Å². The summed E-state index contributed by atoms with van der Waals surface area (Å²) in [6.07, 6.45) is 8.53. The van der Waals surface area contributed by atoms with Gasteiger partial charge >= 0.3 is 0 Å². The van der Waals surface area contributed by atoms with Gasteiger partial charge in [0.05, 0.1) is 6.04 Å². The molecule has 5 heteroatoms. The zero-order chi connectivity index (χ0) is 18.1. The van der Waals surface area contributed by atoms with E-state index in [4.69, 9.17) is 11.6 Å². The maximum atomic E-state index is 12.9. The van der Waals surface area contributed by atoms with Crippen molar-refractivity contribution in [3.63, 3.8) is 0 Å². The van der Waals surface area contributed by atoms with Gasteiger partial charge in [-0.1, -0.05) is 36.6 Å². The number of aryl methyl sites for hydroxylation is 1. The van der Waals surface area contributed by atoms with Crippen molar-refractivity contribution in [3.05, 3.63) is 52.8 Å². The average molecular weight is 372 g/mol. The third-order valence-electron chi connectivity index (χ3n) is 6.16. The minimum absolute atomic E-state index is 0.0828. The van der Waals surface area contributed by atoms with Gasteiger partial charge in [0.25, 0.3) is 0 Å². The fourth-order valence-electron chi connectivity index (χ4n) is 4.59. The number of benzene rings is 1. The van der Waals surface area contributed by atoms with Crippen molar-refractivity contribution in [2.24, 2.45) is 18.9 Å². The van der Waals surface area contributed by atoms with Crippen LogP contribution in [0.3, 0.4) is 0 Å². The molecule has 1 N–H and O–H groups in total. The Labute approximate surface area is 159 Å². The molecule has 26 heavy (non-hydrogen) atoms. The van der Waals surface area contributed by atoms with Crippen molar-refractivity contribution in [2.75, 3.05) is 0 Å². The number of hydrogen-bond donors (Lipinski definition) is 1. The van der Waals surface area contributed by atoms with Crippen LogP contribution < -0.4 is 5.32 Å². The zero-order valence-corrected chi connectivity index (χ0v) is 16.0. The number of carbonyl (C=O) groups is 1. The van der Waals surface area contributed by atoms with Gasteiger partial charge in [-0.15, -0.1) is 0 Å². The highest BCUT2D eigenvalue weighted by molar-refractivity contribution is 6.30. The van der Waals surface area contributed by atoms with Crippen LogP contribution in [0, 0.1) is 11.8 Å². The zero-order valence-electron chi connectivity index (χ0n) is 15.2. The van der Waals surface area contributed by atoms with E-state index in [9.17, 15) is 4.79 Å². The van der Waals surface area contributed by atoms with Crippen molar-refractivity contribution in [2.45, 2.75) is 50.5 Å². The van der Waals surface area contributed by atoms with E-state index in [0.29, 0.717) is 11.8 Å². The summed E-state index contributed by atoms with van der Waals surface area (Å²) in [5, 5.41) is 8.34. The number of nitrogens with zero attached hydrogens (tertiary/aromatic N) is 2. The number of amides is 1. The molecule has 1 aromatic heterocycles. The van der Waals surface area contributed by atoms with E-state index < -0.39 is 0 Å². The lowest BCUT2D eigenvalue weighted by atomic mass is 9.72. The monoisotopic (exact) mass is 371 g/mol. The number of hydrogen-bond acceptors (Lipinski definition) is 2. The van der Waals surface area contributed by atoms with Gasteiger partial charge in [0.2, 0.25) is 5.91 Å². The summed E-state index contributed by atoms with van der Waals surface area (Å²) < 4.78 is 1.92. The molecule has 1 amide bonds. The lowest BCUT2D eigenvalue weighted by Gasteiger charge is -2.36. The highest BCUT2D eigenvalue weighted by Crippen LogP contribution is 2.43. The van der Waals surface area contributed by atoms with Crippen molar-refractivity contribution >= 4 is 17.5 Å². The first-order valence-corrected chi connectivity index (χ1v) is 10.0. The first kappa shape index (κ1) is 17.6. The van der Waals surface area contributed by atoms with Crippen LogP contribution in [-0.4, -0.2) is 15.7 Å². The van der Waals surface area contributed by atoms with Crippen LogP contribution in [0.25, 0.3) is 0 Å². The Morgan fingerprint density at radius 2 is 2.04 bits per heavy atom. The normalized spacial score (nSPS) is 24.2. The number of rotatable bonds is 5.